The number of likely N-dealkylation sites (tertiary alicyclic amines) is 1. The minimum absolute atomic E-state index is 0.273. The maximum Gasteiger partial charge on any atom is 0.225 e. The molecular formula is C12H23NO2. The predicted octanol–water partition coefficient (Wildman–Crippen LogP) is 2.20. The molecule has 1 rings (SSSR count). The monoisotopic (exact) mass is 213 g/mol. The smallest absolute Gasteiger partial charge is 0.225 e. The molecule has 0 radical (unpaired) electrons. The molecule has 0 aliphatic carbocycles. The van der Waals surface area contributed by atoms with Crippen molar-refractivity contribution in [1.82, 2.24) is 4.90 Å². The lowest BCUT2D eigenvalue weighted by atomic mass is 10.00. The average molecular weight is 213 g/mol. The predicted molar refractivity (Wildman–Crippen MR) is 60.8 cm³/mol. The Morgan fingerprint density at radius 1 is 1.40 bits per heavy atom. The Hall–Kier alpha value is -0.570. The molecule has 3 heteroatoms. The normalized spacial score (nSPS) is 21.7. The highest BCUT2D eigenvalue weighted by Crippen LogP contribution is 2.20. The van der Waals surface area contributed by atoms with E-state index < -0.39 is 0 Å². The summed E-state index contributed by atoms with van der Waals surface area (Å²) in [6.07, 6.45) is 5.24. The van der Waals surface area contributed by atoms with Gasteiger partial charge >= 0.3 is 0 Å². The maximum atomic E-state index is 11.9. The van der Waals surface area contributed by atoms with E-state index in [1.165, 1.54) is 12.8 Å². The maximum absolute atomic E-state index is 11.9. The Bertz CT molecular complexity index is 194. The van der Waals surface area contributed by atoms with Crippen molar-refractivity contribution >= 4 is 5.91 Å². The van der Waals surface area contributed by atoms with E-state index in [-0.39, 0.29) is 5.91 Å². The first-order valence-corrected chi connectivity index (χ1v) is 6.16. The van der Waals surface area contributed by atoms with Gasteiger partial charge in [0.25, 0.3) is 0 Å². The van der Waals surface area contributed by atoms with E-state index in [1.807, 2.05) is 6.92 Å². The number of nitrogens with zero attached hydrogens (tertiary/aromatic N) is 1. The summed E-state index contributed by atoms with van der Waals surface area (Å²) in [4.78, 5) is 13.9. The zero-order chi connectivity index (χ0) is 11.1. The molecule has 1 atom stereocenters. The SMILES string of the molecule is CCOCCC(=O)N1CCCC[C@H]1CC. The minimum atomic E-state index is 0.273. The molecule has 0 aromatic carbocycles. The summed E-state index contributed by atoms with van der Waals surface area (Å²) in [5.41, 5.74) is 0. The molecule has 0 saturated carbocycles. The summed E-state index contributed by atoms with van der Waals surface area (Å²) in [5.74, 6) is 0.273. The van der Waals surface area contributed by atoms with Gasteiger partial charge in [-0.15, -0.1) is 0 Å². The van der Waals surface area contributed by atoms with Crippen molar-refractivity contribution in [2.75, 3.05) is 19.8 Å². The van der Waals surface area contributed by atoms with Gasteiger partial charge in [0.1, 0.15) is 0 Å². The number of carbonyl (C=O) groups excluding carboxylic acids is 1. The van der Waals surface area contributed by atoms with Gasteiger partial charge in [-0.1, -0.05) is 6.92 Å². The zero-order valence-electron chi connectivity index (χ0n) is 10.00. The van der Waals surface area contributed by atoms with Crippen LogP contribution < -0.4 is 0 Å². The van der Waals surface area contributed by atoms with E-state index in [4.69, 9.17) is 4.74 Å². The first kappa shape index (κ1) is 12.5. The van der Waals surface area contributed by atoms with E-state index in [9.17, 15) is 4.79 Å². The molecule has 88 valence electrons. The molecule has 1 aliphatic heterocycles. The van der Waals surface area contributed by atoms with Gasteiger partial charge in [0.2, 0.25) is 5.91 Å². The van der Waals surface area contributed by atoms with Gasteiger partial charge in [-0.25, -0.2) is 0 Å². The molecule has 1 amide bonds. The fraction of sp³-hybridized carbons (Fsp3) is 0.917. The molecule has 0 unspecified atom stereocenters. The van der Waals surface area contributed by atoms with E-state index in [2.05, 4.69) is 11.8 Å². The lowest BCUT2D eigenvalue weighted by Gasteiger charge is -2.35. The second-order valence-corrected chi connectivity index (χ2v) is 4.09. The highest BCUT2D eigenvalue weighted by atomic mass is 16.5. The number of amides is 1. The van der Waals surface area contributed by atoms with Crippen LogP contribution in [0.4, 0.5) is 0 Å². The fourth-order valence-corrected chi connectivity index (χ4v) is 2.20. The van der Waals surface area contributed by atoms with Gasteiger partial charge < -0.3 is 9.64 Å². The molecule has 1 saturated heterocycles. The molecule has 1 fully saturated rings. The third kappa shape index (κ3) is 3.82. The van der Waals surface area contributed by atoms with E-state index in [0.29, 0.717) is 25.7 Å². The summed E-state index contributed by atoms with van der Waals surface area (Å²) in [5, 5.41) is 0. The molecule has 0 aromatic rings. The number of carbonyl (C=O) groups is 1. The van der Waals surface area contributed by atoms with Crippen LogP contribution >= 0.6 is 0 Å². The second kappa shape index (κ2) is 6.83. The first-order valence-electron chi connectivity index (χ1n) is 6.16. The summed E-state index contributed by atoms with van der Waals surface area (Å²) in [6.45, 7) is 6.34. The molecule has 1 heterocycles. The summed E-state index contributed by atoms with van der Waals surface area (Å²) in [6, 6.07) is 0.480. The Labute approximate surface area is 92.8 Å². The third-order valence-corrected chi connectivity index (χ3v) is 3.08. The van der Waals surface area contributed by atoms with Gasteiger partial charge in [-0.05, 0) is 32.6 Å². The minimum Gasteiger partial charge on any atom is -0.381 e. The number of piperidine rings is 1. The van der Waals surface area contributed by atoms with Gasteiger partial charge in [-0.3, -0.25) is 4.79 Å². The van der Waals surface area contributed by atoms with Crippen molar-refractivity contribution in [2.45, 2.75) is 52.0 Å². The number of hydrogen-bond donors (Lipinski definition) is 0. The molecule has 0 N–H and O–H groups in total. The van der Waals surface area contributed by atoms with Crippen molar-refractivity contribution in [1.29, 1.82) is 0 Å². The first-order chi connectivity index (χ1) is 7.29. The van der Waals surface area contributed by atoms with Crippen LogP contribution in [0.2, 0.25) is 0 Å². The van der Waals surface area contributed by atoms with Gasteiger partial charge in [0, 0.05) is 19.2 Å². The van der Waals surface area contributed by atoms with Crippen LogP contribution in [0.5, 0.6) is 0 Å². The summed E-state index contributed by atoms with van der Waals surface area (Å²) >= 11 is 0. The number of ether oxygens (including phenoxy) is 1. The van der Waals surface area contributed by atoms with Crippen LogP contribution in [0.15, 0.2) is 0 Å². The number of hydrogen-bond acceptors (Lipinski definition) is 2. The second-order valence-electron chi connectivity index (χ2n) is 4.09. The van der Waals surface area contributed by atoms with Crippen molar-refractivity contribution in [3.63, 3.8) is 0 Å². The van der Waals surface area contributed by atoms with Gasteiger partial charge in [0.05, 0.1) is 13.0 Å². The molecular weight excluding hydrogens is 190 g/mol. The third-order valence-electron chi connectivity index (χ3n) is 3.08. The Kier molecular flexibility index (Phi) is 5.69. The quantitative estimate of drug-likeness (QED) is 0.655. The van der Waals surface area contributed by atoms with Crippen molar-refractivity contribution in [2.24, 2.45) is 0 Å². The topological polar surface area (TPSA) is 29.5 Å². The lowest BCUT2D eigenvalue weighted by Crippen LogP contribution is -2.43. The fourth-order valence-electron chi connectivity index (χ4n) is 2.20. The molecule has 0 aromatic heterocycles. The van der Waals surface area contributed by atoms with E-state index >= 15 is 0 Å². The molecule has 15 heavy (non-hydrogen) atoms. The molecule has 0 spiro atoms. The van der Waals surface area contributed by atoms with Crippen LogP contribution in [0.3, 0.4) is 0 Å². The Balaban J connectivity index is 2.34. The Morgan fingerprint density at radius 2 is 2.20 bits per heavy atom. The zero-order valence-corrected chi connectivity index (χ0v) is 10.00. The van der Waals surface area contributed by atoms with Crippen molar-refractivity contribution in [3.8, 4) is 0 Å². The van der Waals surface area contributed by atoms with Crippen LogP contribution in [-0.4, -0.2) is 36.6 Å². The van der Waals surface area contributed by atoms with Crippen molar-refractivity contribution < 1.29 is 9.53 Å². The number of rotatable bonds is 5. The molecule has 0 bridgehead atoms. The van der Waals surface area contributed by atoms with Gasteiger partial charge in [-0.2, -0.15) is 0 Å². The van der Waals surface area contributed by atoms with Crippen LogP contribution in [0, 0.1) is 0 Å². The largest absolute Gasteiger partial charge is 0.381 e. The van der Waals surface area contributed by atoms with Crippen molar-refractivity contribution in [3.05, 3.63) is 0 Å². The highest BCUT2D eigenvalue weighted by molar-refractivity contribution is 5.76. The van der Waals surface area contributed by atoms with E-state index in [0.717, 1.165) is 19.4 Å². The van der Waals surface area contributed by atoms with Gasteiger partial charge in [0.15, 0.2) is 0 Å². The van der Waals surface area contributed by atoms with Crippen LogP contribution in [-0.2, 0) is 9.53 Å². The molecule has 1 aliphatic rings. The highest BCUT2D eigenvalue weighted by Gasteiger charge is 2.24. The average Bonchev–Trinajstić information content (AvgIpc) is 2.29. The Morgan fingerprint density at radius 3 is 2.87 bits per heavy atom. The van der Waals surface area contributed by atoms with E-state index in [1.54, 1.807) is 0 Å². The standard InChI is InChI=1S/C12H23NO2/c1-3-11-7-5-6-9-13(11)12(14)8-10-15-4-2/h11H,3-10H2,1-2H3/t11-/m1/s1. The lowest BCUT2D eigenvalue weighted by molar-refractivity contribution is -0.136. The van der Waals surface area contributed by atoms with Crippen LogP contribution in [0.1, 0.15) is 46.0 Å². The van der Waals surface area contributed by atoms with Crippen LogP contribution in [0.25, 0.3) is 0 Å². The summed E-state index contributed by atoms with van der Waals surface area (Å²) < 4.78 is 5.22. The summed E-state index contributed by atoms with van der Waals surface area (Å²) in [7, 11) is 0. The molecule has 3 nitrogen and oxygen atoms in total.